The Bertz CT molecular complexity index is 881. The van der Waals surface area contributed by atoms with Crippen molar-refractivity contribution in [3.05, 3.63) is 41.7 Å². The van der Waals surface area contributed by atoms with Gasteiger partial charge in [0.1, 0.15) is 11.4 Å². The summed E-state index contributed by atoms with van der Waals surface area (Å²) >= 11 is 1.60. The highest BCUT2D eigenvalue weighted by Gasteiger charge is 2.16. The number of nitrogens with zero attached hydrogens (tertiary/aromatic N) is 5. The summed E-state index contributed by atoms with van der Waals surface area (Å²) < 4.78 is 1.59. The number of anilines is 2. The van der Waals surface area contributed by atoms with Gasteiger partial charge in [0.15, 0.2) is 0 Å². The van der Waals surface area contributed by atoms with Crippen LogP contribution in [-0.4, -0.2) is 38.7 Å². The maximum Gasteiger partial charge on any atom is 0.274 e. The van der Waals surface area contributed by atoms with E-state index in [1.165, 1.54) is 19.3 Å². The minimum Gasteiger partial charge on any atom is -0.341 e. The van der Waals surface area contributed by atoms with Crippen LogP contribution in [0.2, 0.25) is 0 Å². The van der Waals surface area contributed by atoms with E-state index in [1.54, 1.807) is 41.5 Å². The molecule has 1 fully saturated rings. The van der Waals surface area contributed by atoms with Crippen molar-refractivity contribution in [2.24, 2.45) is 7.05 Å². The summed E-state index contributed by atoms with van der Waals surface area (Å²) in [4.78, 5) is 24.6. The molecular formula is C18H20N6OS. The molecule has 1 N–H and O–H groups in total. The molecule has 1 aliphatic rings. The van der Waals surface area contributed by atoms with Crippen molar-refractivity contribution >= 4 is 28.9 Å². The van der Waals surface area contributed by atoms with Gasteiger partial charge < -0.3 is 10.2 Å². The van der Waals surface area contributed by atoms with Gasteiger partial charge in [0.05, 0.1) is 23.0 Å². The molecule has 26 heavy (non-hydrogen) atoms. The molecule has 4 heterocycles. The average molecular weight is 368 g/mol. The highest BCUT2D eigenvalue weighted by atomic mass is 32.1. The van der Waals surface area contributed by atoms with Crippen LogP contribution in [0.15, 0.2) is 36.0 Å². The molecule has 3 aromatic rings. The minimum atomic E-state index is -0.225. The van der Waals surface area contributed by atoms with Crippen LogP contribution in [0.1, 0.15) is 29.8 Å². The van der Waals surface area contributed by atoms with E-state index in [0.717, 1.165) is 29.6 Å². The van der Waals surface area contributed by atoms with E-state index < -0.39 is 0 Å². The van der Waals surface area contributed by atoms with Crippen molar-refractivity contribution < 1.29 is 4.79 Å². The molecule has 3 aromatic heterocycles. The zero-order valence-corrected chi connectivity index (χ0v) is 15.4. The summed E-state index contributed by atoms with van der Waals surface area (Å²) in [5.41, 5.74) is 1.87. The third kappa shape index (κ3) is 3.45. The Morgan fingerprint density at radius 1 is 1.19 bits per heavy atom. The molecule has 0 spiro atoms. The number of nitrogens with one attached hydrogen (secondary N) is 1. The van der Waals surface area contributed by atoms with Crippen LogP contribution in [-0.2, 0) is 7.05 Å². The summed E-state index contributed by atoms with van der Waals surface area (Å²) in [5, 5.41) is 9.26. The molecule has 7 nitrogen and oxygen atoms in total. The molecule has 0 bridgehead atoms. The third-order valence-corrected chi connectivity index (χ3v) is 5.31. The van der Waals surface area contributed by atoms with E-state index in [9.17, 15) is 4.79 Å². The maximum absolute atomic E-state index is 12.6. The summed E-state index contributed by atoms with van der Waals surface area (Å²) in [6.07, 6.45) is 6.93. The number of amides is 1. The van der Waals surface area contributed by atoms with Crippen molar-refractivity contribution in [1.29, 1.82) is 0 Å². The smallest absolute Gasteiger partial charge is 0.274 e. The van der Waals surface area contributed by atoms with Gasteiger partial charge in [-0.25, -0.2) is 9.97 Å². The molecule has 4 rings (SSSR count). The lowest BCUT2D eigenvalue weighted by Gasteiger charge is -2.26. The van der Waals surface area contributed by atoms with E-state index >= 15 is 0 Å². The Morgan fingerprint density at radius 3 is 2.65 bits per heavy atom. The molecule has 0 unspecified atom stereocenters. The number of piperidine rings is 1. The number of rotatable bonds is 4. The molecule has 8 heteroatoms. The fourth-order valence-corrected chi connectivity index (χ4v) is 3.74. The van der Waals surface area contributed by atoms with Crippen LogP contribution in [0.25, 0.3) is 10.6 Å². The molecule has 1 aliphatic heterocycles. The maximum atomic E-state index is 12.6. The number of aryl methyl sites for hydroxylation is 1. The first-order chi connectivity index (χ1) is 12.7. The Morgan fingerprint density at radius 2 is 1.96 bits per heavy atom. The fourth-order valence-electron chi connectivity index (χ4n) is 3.06. The summed E-state index contributed by atoms with van der Waals surface area (Å²) in [5.74, 6) is 0.500. The van der Waals surface area contributed by atoms with Crippen molar-refractivity contribution in [3.63, 3.8) is 0 Å². The van der Waals surface area contributed by atoms with Crippen LogP contribution >= 0.6 is 11.3 Å². The lowest BCUT2D eigenvalue weighted by molar-refractivity contribution is 0.101. The van der Waals surface area contributed by atoms with E-state index in [1.807, 2.05) is 17.5 Å². The van der Waals surface area contributed by atoms with E-state index in [-0.39, 0.29) is 5.91 Å². The van der Waals surface area contributed by atoms with Crippen LogP contribution in [0.4, 0.5) is 11.6 Å². The summed E-state index contributed by atoms with van der Waals surface area (Å²) in [6, 6.07) is 5.75. The van der Waals surface area contributed by atoms with Gasteiger partial charge in [0.25, 0.3) is 5.91 Å². The Balaban J connectivity index is 1.46. The van der Waals surface area contributed by atoms with Gasteiger partial charge in [-0.05, 0) is 36.8 Å². The zero-order chi connectivity index (χ0) is 17.9. The van der Waals surface area contributed by atoms with E-state index in [4.69, 9.17) is 0 Å². The second kappa shape index (κ2) is 7.25. The van der Waals surface area contributed by atoms with Crippen LogP contribution in [0.5, 0.6) is 0 Å². The van der Waals surface area contributed by atoms with Gasteiger partial charge in [-0.3, -0.25) is 9.48 Å². The van der Waals surface area contributed by atoms with E-state index in [2.05, 4.69) is 25.3 Å². The Kier molecular flexibility index (Phi) is 4.66. The van der Waals surface area contributed by atoms with Crippen LogP contribution < -0.4 is 10.2 Å². The number of carbonyl (C=O) groups is 1. The van der Waals surface area contributed by atoms with Gasteiger partial charge >= 0.3 is 0 Å². The normalized spacial score (nSPS) is 14.4. The second-order valence-electron chi connectivity index (χ2n) is 6.29. The molecular weight excluding hydrogens is 348 g/mol. The fraction of sp³-hybridized carbons (Fsp3) is 0.333. The monoisotopic (exact) mass is 368 g/mol. The number of carbonyl (C=O) groups excluding carboxylic acids is 1. The molecule has 1 saturated heterocycles. The highest BCUT2D eigenvalue weighted by molar-refractivity contribution is 7.13. The second-order valence-corrected chi connectivity index (χ2v) is 7.24. The number of hydrogen-bond donors (Lipinski definition) is 1. The van der Waals surface area contributed by atoms with Crippen molar-refractivity contribution in [2.45, 2.75) is 19.3 Å². The Hall–Kier alpha value is -2.74. The zero-order valence-electron chi connectivity index (χ0n) is 14.6. The average Bonchev–Trinajstić information content (AvgIpc) is 3.32. The van der Waals surface area contributed by atoms with Crippen LogP contribution in [0, 0.1) is 0 Å². The lowest BCUT2D eigenvalue weighted by Crippen LogP contribution is -2.30. The predicted molar refractivity (Wildman–Crippen MR) is 103 cm³/mol. The van der Waals surface area contributed by atoms with Gasteiger partial charge in [0.2, 0.25) is 5.95 Å². The SMILES string of the molecule is Cn1nc(-c2cccs2)cc1C(=O)Nc1cnc(N2CCCCC2)nc1. The van der Waals surface area contributed by atoms with Crippen molar-refractivity contribution in [2.75, 3.05) is 23.3 Å². The van der Waals surface area contributed by atoms with Gasteiger partial charge in [-0.2, -0.15) is 5.10 Å². The largest absolute Gasteiger partial charge is 0.341 e. The first-order valence-corrected chi connectivity index (χ1v) is 9.55. The van der Waals surface area contributed by atoms with Crippen LogP contribution in [0.3, 0.4) is 0 Å². The first-order valence-electron chi connectivity index (χ1n) is 8.67. The highest BCUT2D eigenvalue weighted by Crippen LogP contribution is 2.24. The van der Waals surface area contributed by atoms with Gasteiger partial charge in [-0.1, -0.05) is 6.07 Å². The number of aromatic nitrogens is 4. The number of hydrogen-bond acceptors (Lipinski definition) is 6. The minimum absolute atomic E-state index is 0.225. The summed E-state index contributed by atoms with van der Waals surface area (Å²) in [6.45, 7) is 1.98. The molecule has 0 saturated carbocycles. The van der Waals surface area contributed by atoms with Crippen molar-refractivity contribution in [1.82, 2.24) is 19.7 Å². The molecule has 0 atom stereocenters. The van der Waals surface area contributed by atoms with Gasteiger partial charge in [-0.15, -0.1) is 11.3 Å². The lowest BCUT2D eigenvalue weighted by atomic mass is 10.1. The number of thiophene rings is 1. The third-order valence-electron chi connectivity index (χ3n) is 4.42. The van der Waals surface area contributed by atoms with Gasteiger partial charge in [0, 0.05) is 20.1 Å². The predicted octanol–water partition coefficient (Wildman–Crippen LogP) is 3.18. The van der Waals surface area contributed by atoms with E-state index in [0.29, 0.717) is 11.4 Å². The topological polar surface area (TPSA) is 75.9 Å². The molecule has 134 valence electrons. The molecule has 0 aromatic carbocycles. The van der Waals surface area contributed by atoms with Crippen molar-refractivity contribution in [3.8, 4) is 10.6 Å². The standard InChI is InChI=1S/C18H20N6OS/c1-23-15(10-14(22-23)16-6-5-9-26-16)17(25)21-13-11-19-18(20-12-13)24-7-3-2-4-8-24/h5-6,9-12H,2-4,7-8H2,1H3,(H,21,25). The molecule has 0 aliphatic carbocycles. The molecule has 1 amide bonds. The quantitative estimate of drug-likeness (QED) is 0.765. The molecule has 0 radical (unpaired) electrons. The summed E-state index contributed by atoms with van der Waals surface area (Å²) in [7, 11) is 1.77. The first kappa shape index (κ1) is 16.7. The Labute approximate surface area is 155 Å².